The molecule has 0 spiro atoms. The molecule has 0 amide bonds. The van der Waals surface area contributed by atoms with E-state index in [1.54, 1.807) is 0 Å². The first-order valence-electron chi connectivity index (χ1n) is 15.6. The summed E-state index contributed by atoms with van der Waals surface area (Å²) in [7, 11) is 0. The van der Waals surface area contributed by atoms with Gasteiger partial charge in [-0.3, -0.25) is 0 Å². The average molecular weight is 472 g/mol. The zero-order valence-electron chi connectivity index (χ0n) is 23.4. The van der Waals surface area contributed by atoms with Crippen LogP contribution in [0.2, 0.25) is 0 Å². The minimum absolute atomic E-state index is 0.702. The molecule has 198 valence electrons. The molecule has 0 radical (unpaired) electrons. The number of unbranched alkanes of at least 4 members (excludes halogenated alkanes) is 19. The summed E-state index contributed by atoms with van der Waals surface area (Å²) in [5.74, 6) is 0. The Balaban J connectivity index is 2.11. The highest BCUT2D eigenvalue weighted by atomic mass is 14.9. The topological polar surface area (TPSA) is 12.0 Å². The fraction of sp³-hybridized carbons (Fsp3) is 0.818. The Bertz CT molecular complexity index is 497. The van der Waals surface area contributed by atoms with Crippen molar-refractivity contribution in [2.75, 3.05) is 0 Å². The summed E-state index contributed by atoms with van der Waals surface area (Å²) in [6.07, 6.45) is 32.9. The first-order chi connectivity index (χ1) is 16.9. The van der Waals surface area contributed by atoms with E-state index >= 15 is 0 Å². The van der Waals surface area contributed by atoms with E-state index < -0.39 is 0 Å². The molecule has 1 unspecified atom stereocenters. The van der Waals surface area contributed by atoms with Crippen molar-refractivity contribution >= 4 is 0 Å². The van der Waals surface area contributed by atoms with E-state index in [2.05, 4.69) is 49.5 Å². The number of benzene rings is 1. The van der Waals surface area contributed by atoms with Crippen molar-refractivity contribution in [3.8, 4) is 0 Å². The van der Waals surface area contributed by atoms with Crippen molar-refractivity contribution in [3.05, 3.63) is 35.9 Å². The summed E-state index contributed by atoms with van der Waals surface area (Å²) in [6, 6.07) is 11.7. The van der Waals surface area contributed by atoms with Crippen molar-refractivity contribution in [1.82, 2.24) is 5.32 Å². The van der Waals surface area contributed by atoms with Crippen LogP contribution >= 0.6 is 0 Å². The van der Waals surface area contributed by atoms with Gasteiger partial charge in [-0.2, -0.15) is 0 Å². The molecular formula is C33H61N. The molecule has 0 saturated carbocycles. The quantitative estimate of drug-likeness (QED) is 0.132. The molecule has 0 heterocycles. The molecule has 0 aliphatic heterocycles. The van der Waals surface area contributed by atoms with Crippen LogP contribution in [0.3, 0.4) is 0 Å². The van der Waals surface area contributed by atoms with Crippen LogP contribution in [0.25, 0.3) is 0 Å². The molecule has 1 atom stereocenters. The third-order valence-corrected chi connectivity index (χ3v) is 7.50. The van der Waals surface area contributed by atoms with Gasteiger partial charge in [-0.15, -0.1) is 0 Å². The first kappa shape index (κ1) is 31.2. The highest BCUT2D eigenvalue weighted by Crippen LogP contribution is 2.17. The van der Waals surface area contributed by atoms with E-state index in [4.69, 9.17) is 0 Å². The van der Waals surface area contributed by atoms with Crippen molar-refractivity contribution in [2.24, 2.45) is 0 Å². The number of nitrogens with one attached hydrogen (secondary N) is 1. The van der Waals surface area contributed by atoms with Gasteiger partial charge in [-0.05, 0) is 18.4 Å². The van der Waals surface area contributed by atoms with Gasteiger partial charge < -0.3 is 5.32 Å². The van der Waals surface area contributed by atoms with E-state index in [1.807, 2.05) is 0 Å². The molecule has 0 aliphatic rings. The third kappa shape index (κ3) is 20.5. The summed E-state index contributed by atoms with van der Waals surface area (Å²) in [5.41, 5.74) is 1.43. The maximum Gasteiger partial charge on any atom is 0.0208 e. The Kier molecular flexibility index (Phi) is 23.2. The molecule has 34 heavy (non-hydrogen) atoms. The van der Waals surface area contributed by atoms with Crippen LogP contribution in [0.5, 0.6) is 0 Å². The second-order valence-corrected chi connectivity index (χ2v) is 10.9. The molecule has 1 aromatic carbocycles. The molecule has 0 aliphatic carbocycles. The zero-order valence-corrected chi connectivity index (χ0v) is 23.4. The van der Waals surface area contributed by atoms with Gasteiger partial charge in [0.2, 0.25) is 0 Å². The van der Waals surface area contributed by atoms with Gasteiger partial charge >= 0.3 is 0 Å². The first-order valence-corrected chi connectivity index (χ1v) is 15.6. The second kappa shape index (κ2) is 25.3. The van der Waals surface area contributed by atoms with Gasteiger partial charge in [0.15, 0.2) is 0 Å². The van der Waals surface area contributed by atoms with E-state index in [0.29, 0.717) is 6.04 Å². The van der Waals surface area contributed by atoms with Crippen molar-refractivity contribution in [3.63, 3.8) is 0 Å². The molecule has 0 saturated heterocycles. The van der Waals surface area contributed by atoms with Crippen LogP contribution in [0.15, 0.2) is 30.3 Å². The van der Waals surface area contributed by atoms with Gasteiger partial charge in [0.25, 0.3) is 0 Å². The number of hydrogen-bond acceptors (Lipinski definition) is 1. The number of rotatable bonds is 26. The molecule has 1 N–H and O–H groups in total. The zero-order chi connectivity index (χ0) is 24.4. The Hall–Kier alpha value is -0.820. The largest absolute Gasteiger partial charge is 0.310 e. The molecular weight excluding hydrogens is 410 g/mol. The second-order valence-electron chi connectivity index (χ2n) is 10.9. The smallest absolute Gasteiger partial charge is 0.0208 e. The lowest BCUT2D eigenvalue weighted by atomic mass is 9.99. The number of hydrogen-bond donors (Lipinski definition) is 1. The molecule has 1 heteroatoms. The van der Waals surface area contributed by atoms with Crippen molar-refractivity contribution < 1.29 is 0 Å². The minimum atomic E-state index is 0.702. The highest BCUT2D eigenvalue weighted by Gasteiger charge is 2.08. The summed E-state index contributed by atoms with van der Waals surface area (Å²) in [6.45, 7) is 5.64. The Morgan fingerprint density at radius 2 is 0.824 bits per heavy atom. The minimum Gasteiger partial charge on any atom is -0.310 e. The lowest BCUT2D eigenvalue weighted by Gasteiger charge is -2.19. The predicted octanol–water partition coefficient (Wildman–Crippen LogP) is 11.2. The Morgan fingerprint density at radius 1 is 0.471 bits per heavy atom. The standard InChI is InChI=1S/C33H61N/c1-3-5-7-9-11-13-15-17-19-21-26-30-33(34-31-32-27-23-22-24-28-32)29-25-20-18-16-14-12-10-8-6-4-2/h22-24,27-28,33-34H,3-21,25-26,29-31H2,1-2H3. The average Bonchev–Trinajstić information content (AvgIpc) is 2.87. The van der Waals surface area contributed by atoms with Crippen LogP contribution in [-0.2, 0) is 6.54 Å². The fourth-order valence-corrected chi connectivity index (χ4v) is 5.14. The SMILES string of the molecule is CCCCCCCCCCCCCC(CCCCCCCCCCCC)NCc1ccccc1. The van der Waals surface area contributed by atoms with E-state index in [9.17, 15) is 0 Å². The predicted molar refractivity (Wildman–Crippen MR) is 155 cm³/mol. The van der Waals surface area contributed by atoms with Crippen molar-refractivity contribution in [2.45, 2.75) is 174 Å². The van der Waals surface area contributed by atoms with Crippen LogP contribution in [0, 0.1) is 0 Å². The maximum atomic E-state index is 3.90. The fourth-order valence-electron chi connectivity index (χ4n) is 5.14. The van der Waals surface area contributed by atoms with Gasteiger partial charge in [0.1, 0.15) is 0 Å². The summed E-state index contributed by atoms with van der Waals surface area (Å²) >= 11 is 0. The van der Waals surface area contributed by atoms with Crippen LogP contribution in [0.1, 0.15) is 167 Å². The highest BCUT2D eigenvalue weighted by molar-refractivity contribution is 5.14. The summed E-state index contributed by atoms with van der Waals surface area (Å²) < 4.78 is 0. The molecule has 0 bridgehead atoms. The van der Waals surface area contributed by atoms with Gasteiger partial charge in [0.05, 0.1) is 0 Å². The lowest BCUT2D eigenvalue weighted by Crippen LogP contribution is -2.28. The molecule has 0 aromatic heterocycles. The normalized spacial score (nSPS) is 12.3. The Morgan fingerprint density at radius 3 is 1.21 bits per heavy atom. The summed E-state index contributed by atoms with van der Waals surface area (Å²) in [4.78, 5) is 0. The lowest BCUT2D eigenvalue weighted by molar-refractivity contribution is 0.409. The van der Waals surface area contributed by atoms with E-state index in [0.717, 1.165) is 6.54 Å². The van der Waals surface area contributed by atoms with Gasteiger partial charge in [-0.1, -0.05) is 179 Å². The third-order valence-electron chi connectivity index (χ3n) is 7.50. The van der Waals surface area contributed by atoms with Crippen LogP contribution in [0.4, 0.5) is 0 Å². The van der Waals surface area contributed by atoms with Gasteiger partial charge in [0, 0.05) is 12.6 Å². The molecule has 0 fully saturated rings. The summed E-state index contributed by atoms with van der Waals surface area (Å²) in [5, 5.41) is 3.90. The maximum absolute atomic E-state index is 3.90. The molecule has 1 rings (SSSR count). The Labute approximate surface area is 215 Å². The van der Waals surface area contributed by atoms with E-state index in [1.165, 1.54) is 153 Å². The molecule has 1 aromatic rings. The van der Waals surface area contributed by atoms with Crippen LogP contribution in [-0.4, -0.2) is 6.04 Å². The van der Waals surface area contributed by atoms with Crippen LogP contribution < -0.4 is 5.32 Å². The van der Waals surface area contributed by atoms with E-state index in [-0.39, 0.29) is 0 Å². The monoisotopic (exact) mass is 471 g/mol. The van der Waals surface area contributed by atoms with Gasteiger partial charge in [-0.25, -0.2) is 0 Å². The molecule has 1 nitrogen and oxygen atoms in total. The van der Waals surface area contributed by atoms with Crippen molar-refractivity contribution in [1.29, 1.82) is 0 Å².